The lowest BCUT2D eigenvalue weighted by Gasteiger charge is -2.03. The van der Waals surface area contributed by atoms with E-state index in [0.717, 1.165) is 5.39 Å². The molecule has 0 aliphatic carbocycles. The molecule has 0 bridgehead atoms. The zero-order valence-electron chi connectivity index (χ0n) is 8.55. The summed E-state index contributed by atoms with van der Waals surface area (Å²) >= 11 is 0. The Bertz CT molecular complexity index is 646. The zero-order valence-corrected chi connectivity index (χ0v) is 9.37. The number of phenols is 1. The highest BCUT2D eigenvalue weighted by Gasteiger charge is 1.99. The van der Waals surface area contributed by atoms with Crippen LogP contribution in [-0.2, 0) is 0 Å². The Morgan fingerprint density at radius 2 is 1.38 bits per heavy atom. The van der Waals surface area contributed by atoms with Crippen LogP contribution in [0.25, 0.3) is 21.5 Å². The molecule has 0 amide bonds. The van der Waals surface area contributed by atoms with Crippen LogP contribution >= 0.6 is 12.4 Å². The normalized spacial score (nSPS) is 10.2. The molecule has 1 nitrogen and oxygen atoms in total. The monoisotopic (exact) mass is 230 g/mol. The molecule has 0 saturated heterocycles. The van der Waals surface area contributed by atoms with Gasteiger partial charge in [0, 0.05) is 0 Å². The number of hydrogen-bond donors (Lipinski definition) is 1. The maximum atomic E-state index is 9.40. The van der Waals surface area contributed by atoms with Gasteiger partial charge in [-0.15, -0.1) is 12.4 Å². The highest BCUT2D eigenvalue weighted by Crippen LogP contribution is 2.27. The number of benzene rings is 3. The maximum absolute atomic E-state index is 9.40. The molecule has 0 heterocycles. The van der Waals surface area contributed by atoms with E-state index in [9.17, 15) is 5.11 Å². The van der Waals surface area contributed by atoms with Crippen LogP contribution in [0.3, 0.4) is 0 Å². The summed E-state index contributed by atoms with van der Waals surface area (Å²) in [5.41, 5.74) is 0. The van der Waals surface area contributed by atoms with Gasteiger partial charge in [0.05, 0.1) is 0 Å². The molecule has 0 spiro atoms. The lowest BCUT2D eigenvalue weighted by Crippen LogP contribution is -1.76. The van der Waals surface area contributed by atoms with Crippen molar-refractivity contribution >= 4 is 34.0 Å². The largest absolute Gasteiger partial charge is 0.508 e. The molecule has 80 valence electrons. The van der Waals surface area contributed by atoms with Crippen molar-refractivity contribution in [3.05, 3.63) is 54.6 Å². The van der Waals surface area contributed by atoms with Crippen LogP contribution in [0.2, 0.25) is 0 Å². The lowest BCUT2D eigenvalue weighted by molar-refractivity contribution is 0.476. The molecule has 0 saturated carbocycles. The molecule has 0 atom stereocenters. The third-order valence-electron chi connectivity index (χ3n) is 2.73. The molecule has 3 rings (SSSR count). The second-order valence-electron chi connectivity index (χ2n) is 3.69. The number of halogens is 1. The fourth-order valence-corrected chi connectivity index (χ4v) is 2.00. The maximum Gasteiger partial charge on any atom is 0.116 e. The zero-order chi connectivity index (χ0) is 10.3. The van der Waals surface area contributed by atoms with Crippen LogP contribution in [0.15, 0.2) is 54.6 Å². The molecule has 0 aliphatic rings. The fraction of sp³-hybridized carbons (Fsp3) is 0. The summed E-state index contributed by atoms with van der Waals surface area (Å²) in [5, 5.41) is 14.1. The van der Waals surface area contributed by atoms with Crippen molar-refractivity contribution < 1.29 is 5.11 Å². The van der Waals surface area contributed by atoms with Crippen LogP contribution < -0.4 is 0 Å². The molecule has 0 fully saturated rings. The molecular formula is C14H11ClO. The molecule has 0 aliphatic heterocycles. The quantitative estimate of drug-likeness (QED) is 0.576. The van der Waals surface area contributed by atoms with Crippen LogP contribution in [0.5, 0.6) is 5.75 Å². The SMILES string of the molecule is Cl.Oc1ccc2c(ccc3ccccc32)c1. The van der Waals surface area contributed by atoms with Gasteiger partial charge in [0.25, 0.3) is 0 Å². The predicted octanol–water partition coefficient (Wildman–Crippen LogP) is 4.12. The minimum absolute atomic E-state index is 0. The average Bonchev–Trinajstić information content (AvgIpc) is 2.28. The number of hydrogen-bond acceptors (Lipinski definition) is 1. The number of aromatic hydroxyl groups is 1. The predicted molar refractivity (Wildman–Crippen MR) is 70.4 cm³/mol. The summed E-state index contributed by atoms with van der Waals surface area (Å²) in [5.74, 6) is 0.317. The Hall–Kier alpha value is -1.73. The van der Waals surface area contributed by atoms with Gasteiger partial charge in [-0.1, -0.05) is 42.5 Å². The first-order chi connectivity index (χ1) is 7.34. The van der Waals surface area contributed by atoms with E-state index >= 15 is 0 Å². The Balaban J connectivity index is 0.000000963. The van der Waals surface area contributed by atoms with Crippen molar-refractivity contribution in [1.29, 1.82) is 0 Å². The van der Waals surface area contributed by atoms with Gasteiger partial charge in [0.1, 0.15) is 5.75 Å². The Kier molecular flexibility index (Phi) is 2.71. The third kappa shape index (κ3) is 1.59. The van der Waals surface area contributed by atoms with E-state index in [2.05, 4.69) is 18.2 Å². The molecule has 3 aromatic carbocycles. The third-order valence-corrected chi connectivity index (χ3v) is 2.73. The van der Waals surface area contributed by atoms with Crippen molar-refractivity contribution in [3.8, 4) is 5.75 Å². The lowest BCUT2D eigenvalue weighted by atomic mass is 10.0. The van der Waals surface area contributed by atoms with Gasteiger partial charge in [-0.2, -0.15) is 0 Å². The van der Waals surface area contributed by atoms with Gasteiger partial charge >= 0.3 is 0 Å². The highest BCUT2D eigenvalue weighted by molar-refractivity contribution is 6.07. The van der Waals surface area contributed by atoms with Crippen molar-refractivity contribution in [2.75, 3.05) is 0 Å². The number of fused-ring (bicyclic) bond motifs is 3. The fourth-order valence-electron chi connectivity index (χ4n) is 2.00. The second kappa shape index (κ2) is 4.03. The van der Waals surface area contributed by atoms with Crippen molar-refractivity contribution in [2.45, 2.75) is 0 Å². The van der Waals surface area contributed by atoms with E-state index in [1.807, 2.05) is 24.3 Å². The highest BCUT2D eigenvalue weighted by atomic mass is 35.5. The van der Waals surface area contributed by atoms with Gasteiger partial charge in [0.15, 0.2) is 0 Å². The van der Waals surface area contributed by atoms with Gasteiger partial charge < -0.3 is 5.11 Å². The summed E-state index contributed by atoms with van der Waals surface area (Å²) < 4.78 is 0. The Morgan fingerprint density at radius 3 is 2.25 bits per heavy atom. The smallest absolute Gasteiger partial charge is 0.116 e. The minimum atomic E-state index is 0. The van der Waals surface area contributed by atoms with Gasteiger partial charge in [-0.05, 0) is 33.7 Å². The van der Waals surface area contributed by atoms with E-state index in [1.54, 1.807) is 12.1 Å². The molecule has 2 heteroatoms. The standard InChI is InChI=1S/C14H10O.ClH/c15-12-7-8-14-11(9-12)6-5-10-3-1-2-4-13(10)14;/h1-9,15H;1H. The van der Waals surface area contributed by atoms with Crippen LogP contribution in [-0.4, -0.2) is 5.11 Å². The van der Waals surface area contributed by atoms with Crippen molar-refractivity contribution in [1.82, 2.24) is 0 Å². The Labute approximate surface area is 99.7 Å². The van der Waals surface area contributed by atoms with Gasteiger partial charge in [-0.3, -0.25) is 0 Å². The van der Waals surface area contributed by atoms with E-state index in [-0.39, 0.29) is 12.4 Å². The first kappa shape index (κ1) is 10.8. The van der Waals surface area contributed by atoms with Crippen LogP contribution in [0.4, 0.5) is 0 Å². The molecule has 0 radical (unpaired) electrons. The van der Waals surface area contributed by atoms with Crippen LogP contribution in [0.1, 0.15) is 0 Å². The molecule has 1 N–H and O–H groups in total. The number of phenolic OH excluding ortho intramolecular Hbond substituents is 1. The Morgan fingerprint density at radius 1 is 0.688 bits per heavy atom. The summed E-state index contributed by atoms with van der Waals surface area (Å²) in [6, 6.07) is 17.9. The summed E-state index contributed by atoms with van der Waals surface area (Å²) in [4.78, 5) is 0. The summed E-state index contributed by atoms with van der Waals surface area (Å²) in [7, 11) is 0. The first-order valence-electron chi connectivity index (χ1n) is 4.95. The molecular weight excluding hydrogens is 220 g/mol. The van der Waals surface area contributed by atoms with Gasteiger partial charge in [-0.25, -0.2) is 0 Å². The van der Waals surface area contributed by atoms with Crippen molar-refractivity contribution in [2.24, 2.45) is 0 Å². The number of rotatable bonds is 0. The molecule has 3 aromatic rings. The van der Waals surface area contributed by atoms with E-state index < -0.39 is 0 Å². The second-order valence-corrected chi connectivity index (χ2v) is 3.69. The average molecular weight is 231 g/mol. The molecule has 0 unspecified atom stereocenters. The summed E-state index contributed by atoms with van der Waals surface area (Å²) in [6.45, 7) is 0. The van der Waals surface area contributed by atoms with Gasteiger partial charge in [0.2, 0.25) is 0 Å². The van der Waals surface area contributed by atoms with E-state index in [4.69, 9.17) is 0 Å². The van der Waals surface area contributed by atoms with E-state index in [1.165, 1.54) is 16.2 Å². The molecule has 0 aromatic heterocycles. The van der Waals surface area contributed by atoms with Crippen LogP contribution in [0, 0.1) is 0 Å². The van der Waals surface area contributed by atoms with E-state index in [0.29, 0.717) is 5.75 Å². The minimum Gasteiger partial charge on any atom is -0.508 e. The first-order valence-corrected chi connectivity index (χ1v) is 4.95. The molecule has 16 heavy (non-hydrogen) atoms. The summed E-state index contributed by atoms with van der Waals surface area (Å²) in [6.07, 6.45) is 0. The topological polar surface area (TPSA) is 20.2 Å². The van der Waals surface area contributed by atoms with Crippen molar-refractivity contribution in [3.63, 3.8) is 0 Å².